The summed E-state index contributed by atoms with van der Waals surface area (Å²) in [7, 11) is 0. The summed E-state index contributed by atoms with van der Waals surface area (Å²) >= 11 is 1.35. The molecule has 0 saturated carbocycles. The molecule has 1 N–H and O–H groups in total. The minimum Gasteiger partial charge on any atom is -0.486 e. The monoisotopic (exact) mass is 383 g/mol. The predicted molar refractivity (Wildman–Crippen MR) is 94.5 cm³/mol. The first-order valence-corrected chi connectivity index (χ1v) is 9.36. The summed E-state index contributed by atoms with van der Waals surface area (Å²) in [5, 5.41) is 3.27. The number of benzene rings is 1. The second-order valence-electron chi connectivity index (χ2n) is 6.54. The smallest absolute Gasteiger partial charge is 0.250 e. The number of hydrogen-bond acceptors (Lipinski definition) is 6. The van der Waals surface area contributed by atoms with Crippen LogP contribution in [0.5, 0.6) is 11.5 Å². The van der Waals surface area contributed by atoms with Gasteiger partial charge in [-0.05, 0) is 6.92 Å². The van der Waals surface area contributed by atoms with Gasteiger partial charge in [-0.1, -0.05) is 11.3 Å². The lowest BCUT2D eigenvalue weighted by molar-refractivity contribution is -0.124. The van der Waals surface area contributed by atoms with Crippen molar-refractivity contribution in [1.82, 2.24) is 9.88 Å². The SMILES string of the molecule is C[C@@H](C(=O)Nc1nc2cc3c(cc2s1)OCCO3)N1CCC(F)(F)CC1. The van der Waals surface area contributed by atoms with E-state index in [9.17, 15) is 13.6 Å². The first kappa shape index (κ1) is 17.4. The molecule has 2 aliphatic heterocycles. The molecule has 1 saturated heterocycles. The van der Waals surface area contributed by atoms with Crippen molar-refractivity contribution >= 4 is 32.6 Å². The van der Waals surface area contributed by atoms with Gasteiger partial charge in [-0.3, -0.25) is 9.69 Å². The van der Waals surface area contributed by atoms with E-state index in [1.807, 2.05) is 6.07 Å². The number of alkyl halides is 2. The van der Waals surface area contributed by atoms with Gasteiger partial charge in [0.25, 0.3) is 5.92 Å². The Bertz CT molecular complexity index is 789. The molecule has 6 nitrogen and oxygen atoms in total. The van der Waals surface area contributed by atoms with Crippen molar-refractivity contribution in [2.75, 3.05) is 31.6 Å². The molecule has 2 aliphatic rings. The highest BCUT2D eigenvalue weighted by Crippen LogP contribution is 2.38. The molecule has 0 aliphatic carbocycles. The fourth-order valence-corrected chi connectivity index (χ4v) is 4.01. The Balaban J connectivity index is 1.45. The molecule has 1 aromatic heterocycles. The number of nitrogens with one attached hydrogen (secondary N) is 1. The number of thiazole rings is 1. The molecule has 0 unspecified atom stereocenters. The molecule has 9 heteroatoms. The number of amides is 1. The maximum absolute atomic E-state index is 13.3. The molecule has 0 radical (unpaired) electrons. The molecule has 2 aromatic rings. The van der Waals surface area contributed by atoms with E-state index in [1.165, 1.54) is 11.3 Å². The first-order valence-electron chi connectivity index (χ1n) is 8.54. The summed E-state index contributed by atoms with van der Waals surface area (Å²) in [6.07, 6.45) is -0.422. The van der Waals surface area contributed by atoms with Gasteiger partial charge in [0.15, 0.2) is 16.6 Å². The third-order valence-electron chi connectivity index (χ3n) is 4.74. The molecular formula is C17H19F2N3O3S. The topological polar surface area (TPSA) is 63.7 Å². The Morgan fingerprint density at radius 1 is 1.27 bits per heavy atom. The number of nitrogens with zero attached hydrogens (tertiary/aromatic N) is 2. The van der Waals surface area contributed by atoms with Crippen molar-refractivity contribution in [3.8, 4) is 11.5 Å². The summed E-state index contributed by atoms with van der Waals surface area (Å²) in [5.74, 6) is -1.54. The first-order chi connectivity index (χ1) is 12.4. The van der Waals surface area contributed by atoms with E-state index < -0.39 is 12.0 Å². The normalized spacial score (nSPS) is 20.7. The number of ether oxygens (including phenoxy) is 2. The lowest BCUT2D eigenvalue weighted by Gasteiger charge is -2.34. The molecule has 1 aromatic carbocycles. The minimum atomic E-state index is -2.62. The molecule has 1 fully saturated rings. The van der Waals surface area contributed by atoms with Crippen molar-refractivity contribution in [1.29, 1.82) is 0 Å². The maximum Gasteiger partial charge on any atom is 0.250 e. The molecule has 1 atom stereocenters. The fourth-order valence-electron chi connectivity index (χ4n) is 3.13. The molecule has 4 rings (SSSR count). The number of carbonyl (C=O) groups excluding carboxylic acids is 1. The van der Waals surface area contributed by atoms with E-state index in [0.29, 0.717) is 29.8 Å². The summed E-state index contributed by atoms with van der Waals surface area (Å²) < 4.78 is 38.5. The molecule has 0 bridgehead atoms. The highest BCUT2D eigenvalue weighted by molar-refractivity contribution is 7.22. The van der Waals surface area contributed by atoms with Crippen LogP contribution in [-0.2, 0) is 4.79 Å². The number of fused-ring (bicyclic) bond motifs is 2. The van der Waals surface area contributed by atoms with Gasteiger partial charge in [-0.25, -0.2) is 13.8 Å². The van der Waals surface area contributed by atoms with E-state index in [-0.39, 0.29) is 31.8 Å². The standard InChI is InChI=1S/C17H19F2N3O3S/c1-10(22-4-2-17(18,19)3-5-22)15(23)21-16-20-11-8-12-13(9-14(11)26-16)25-7-6-24-12/h8-10H,2-7H2,1H3,(H,20,21,23)/t10-/m0/s1. The van der Waals surface area contributed by atoms with Gasteiger partial charge < -0.3 is 14.8 Å². The molecule has 1 amide bonds. The van der Waals surface area contributed by atoms with Crippen LogP contribution in [0.15, 0.2) is 12.1 Å². The lowest BCUT2D eigenvalue weighted by Crippen LogP contribution is -2.48. The van der Waals surface area contributed by atoms with E-state index in [2.05, 4.69) is 10.3 Å². The van der Waals surface area contributed by atoms with E-state index in [0.717, 1.165) is 10.2 Å². The number of rotatable bonds is 3. The average molecular weight is 383 g/mol. The van der Waals surface area contributed by atoms with Gasteiger partial charge in [0, 0.05) is 38.1 Å². The van der Waals surface area contributed by atoms with Crippen LogP contribution >= 0.6 is 11.3 Å². The second-order valence-corrected chi connectivity index (χ2v) is 7.57. The average Bonchev–Trinajstić information content (AvgIpc) is 3.00. The Morgan fingerprint density at radius 2 is 1.92 bits per heavy atom. The zero-order valence-electron chi connectivity index (χ0n) is 14.3. The zero-order valence-corrected chi connectivity index (χ0v) is 15.1. The van der Waals surface area contributed by atoms with Gasteiger partial charge in [0.2, 0.25) is 5.91 Å². The van der Waals surface area contributed by atoms with Gasteiger partial charge in [0.05, 0.1) is 16.3 Å². The van der Waals surface area contributed by atoms with Crippen LogP contribution in [0.1, 0.15) is 19.8 Å². The number of halogens is 2. The van der Waals surface area contributed by atoms with Crippen LogP contribution < -0.4 is 14.8 Å². The largest absolute Gasteiger partial charge is 0.486 e. The Morgan fingerprint density at radius 3 is 2.62 bits per heavy atom. The highest BCUT2D eigenvalue weighted by Gasteiger charge is 2.36. The van der Waals surface area contributed by atoms with E-state index in [1.54, 1.807) is 17.9 Å². The number of aromatic nitrogens is 1. The van der Waals surface area contributed by atoms with Crippen molar-refractivity contribution in [2.45, 2.75) is 31.7 Å². The van der Waals surface area contributed by atoms with Crippen LogP contribution in [0.2, 0.25) is 0 Å². The van der Waals surface area contributed by atoms with Crippen molar-refractivity contribution in [3.05, 3.63) is 12.1 Å². The van der Waals surface area contributed by atoms with Crippen molar-refractivity contribution in [2.24, 2.45) is 0 Å². The number of hydrogen-bond donors (Lipinski definition) is 1. The molecule has 26 heavy (non-hydrogen) atoms. The summed E-state index contributed by atoms with van der Waals surface area (Å²) in [6, 6.07) is 3.16. The van der Waals surface area contributed by atoms with E-state index in [4.69, 9.17) is 9.47 Å². The number of carbonyl (C=O) groups is 1. The van der Waals surface area contributed by atoms with Gasteiger partial charge >= 0.3 is 0 Å². The molecule has 140 valence electrons. The molecular weight excluding hydrogens is 364 g/mol. The predicted octanol–water partition coefficient (Wildman–Crippen LogP) is 3.13. The molecule has 0 spiro atoms. The van der Waals surface area contributed by atoms with Crippen LogP contribution in [0.4, 0.5) is 13.9 Å². The van der Waals surface area contributed by atoms with Gasteiger partial charge in [0.1, 0.15) is 13.2 Å². The third kappa shape index (κ3) is 3.45. The highest BCUT2D eigenvalue weighted by atomic mass is 32.1. The Kier molecular flexibility index (Phi) is 4.44. The third-order valence-corrected chi connectivity index (χ3v) is 5.67. The molecule has 3 heterocycles. The number of anilines is 1. The maximum atomic E-state index is 13.3. The summed E-state index contributed by atoms with van der Waals surface area (Å²) in [4.78, 5) is 18.7. The van der Waals surface area contributed by atoms with Crippen LogP contribution in [-0.4, -0.2) is 54.1 Å². The number of likely N-dealkylation sites (tertiary alicyclic amines) is 1. The lowest BCUT2D eigenvalue weighted by atomic mass is 10.1. The van der Waals surface area contributed by atoms with Gasteiger partial charge in [-0.2, -0.15) is 0 Å². The minimum absolute atomic E-state index is 0.211. The summed E-state index contributed by atoms with van der Waals surface area (Å²) in [5.41, 5.74) is 0.722. The van der Waals surface area contributed by atoms with Gasteiger partial charge in [-0.15, -0.1) is 0 Å². The van der Waals surface area contributed by atoms with Crippen molar-refractivity contribution in [3.63, 3.8) is 0 Å². The quantitative estimate of drug-likeness (QED) is 0.882. The van der Waals surface area contributed by atoms with Crippen LogP contribution in [0.3, 0.4) is 0 Å². The van der Waals surface area contributed by atoms with Crippen molar-refractivity contribution < 1.29 is 23.0 Å². The van der Waals surface area contributed by atoms with Crippen LogP contribution in [0, 0.1) is 0 Å². The zero-order chi connectivity index (χ0) is 18.3. The number of piperidine rings is 1. The van der Waals surface area contributed by atoms with Crippen LogP contribution in [0.25, 0.3) is 10.2 Å². The Hall–Kier alpha value is -2.00. The fraction of sp³-hybridized carbons (Fsp3) is 0.529. The Labute approximate surface area is 153 Å². The van der Waals surface area contributed by atoms with E-state index >= 15 is 0 Å². The summed E-state index contributed by atoms with van der Waals surface area (Å²) in [6.45, 7) is 3.16. The second kappa shape index (κ2) is 6.62.